The maximum atomic E-state index is 12.8. The van der Waals surface area contributed by atoms with Crippen LogP contribution in [0.4, 0.5) is 11.4 Å². The normalized spacial score (nSPS) is 36.1. The lowest BCUT2D eigenvalue weighted by atomic mass is 9.49. The summed E-state index contributed by atoms with van der Waals surface area (Å²) in [5.74, 6) is 2.66. The average molecular weight is 307 g/mol. The smallest absolute Gasteiger partial charge is 0.230 e. The van der Waals surface area contributed by atoms with E-state index in [4.69, 9.17) is 5.73 Å². The molecule has 3 nitrogen and oxygen atoms in total. The molecular formula is C17H23ClN2O. The Balaban J connectivity index is 0.00000132. The molecule has 1 amide bonds. The van der Waals surface area contributed by atoms with E-state index >= 15 is 0 Å². The second-order valence-electron chi connectivity index (χ2n) is 7.27. The van der Waals surface area contributed by atoms with Gasteiger partial charge in [-0.25, -0.2) is 0 Å². The minimum absolute atomic E-state index is 0. The Morgan fingerprint density at radius 3 is 1.95 bits per heavy atom. The van der Waals surface area contributed by atoms with Crippen molar-refractivity contribution in [3.63, 3.8) is 0 Å². The zero-order valence-corrected chi connectivity index (χ0v) is 13.0. The number of rotatable bonds is 2. The molecule has 4 saturated carbocycles. The lowest BCUT2D eigenvalue weighted by Crippen LogP contribution is -2.51. The second kappa shape index (κ2) is 5.20. The van der Waals surface area contributed by atoms with E-state index in [0.29, 0.717) is 0 Å². The molecule has 5 rings (SSSR count). The number of nitrogen functional groups attached to an aromatic ring is 1. The first-order valence-corrected chi connectivity index (χ1v) is 7.80. The SMILES string of the molecule is Cl.Nc1ccc(NC(=O)C23CC4CC(CC(C4)C2)C3)cc1. The van der Waals surface area contributed by atoms with Gasteiger partial charge >= 0.3 is 0 Å². The summed E-state index contributed by atoms with van der Waals surface area (Å²) in [6, 6.07) is 7.48. The minimum Gasteiger partial charge on any atom is -0.399 e. The van der Waals surface area contributed by atoms with E-state index < -0.39 is 0 Å². The largest absolute Gasteiger partial charge is 0.399 e. The number of carbonyl (C=O) groups excluding carboxylic acids is 1. The monoisotopic (exact) mass is 306 g/mol. The third-order valence-electron chi connectivity index (χ3n) is 5.69. The van der Waals surface area contributed by atoms with E-state index in [2.05, 4.69) is 5.32 Å². The van der Waals surface area contributed by atoms with Gasteiger partial charge < -0.3 is 11.1 Å². The van der Waals surface area contributed by atoms with E-state index in [9.17, 15) is 4.79 Å². The molecule has 0 atom stereocenters. The molecule has 4 fully saturated rings. The molecular weight excluding hydrogens is 284 g/mol. The fraction of sp³-hybridized carbons (Fsp3) is 0.588. The van der Waals surface area contributed by atoms with Crippen molar-refractivity contribution < 1.29 is 4.79 Å². The van der Waals surface area contributed by atoms with Crippen LogP contribution in [0.25, 0.3) is 0 Å². The van der Waals surface area contributed by atoms with Crippen molar-refractivity contribution in [3.05, 3.63) is 24.3 Å². The number of halogens is 1. The summed E-state index contributed by atoms with van der Waals surface area (Å²) >= 11 is 0. The highest BCUT2D eigenvalue weighted by molar-refractivity contribution is 5.95. The van der Waals surface area contributed by atoms with Crippen LogP contribution in [0.15, 0.2) is 24.3 Å². The van der Waals surface area contributed by atoms with Gasteiger partial charge in [-0.1, -0.05) is 0 Å². The van der Waals surface area contributed by atoms with Gasteiger partial charge in [0, 0.05) is 11.4 Å². The molecule has 0 aliphatic heterocycles. The van der Waals surface area contributed by atoms with Crippen molar-refractivity contribution in [2.75, 3.05) is 11.1 Å². The molecule has 1 aromatic carbocycles. The number of hydrogen-bond acceptors (Lipinski definition) is 2. The van der Waals surface area contributed by atoms with E-state index in [1.54, 1.807) is 0 Å². The van der Waals surface area contributed by atoms with Gasteiger partial charge in [-0.15, -0.1) is 12.4 Å². The number of nitrogens with one attached hydrogen (secondary N) is 1. The summed E-state index contributed by atoms with van der Waals surface area (Å²) in [6.07, 6.45) is 7.44. The maximum absolute atomic E-state index is 12.8. The zero-order valence-electron chi connectivity index (χ0n) is 12.2. The minimum atomic E-state index is -0.0733. The predicted molar refractivity (Wildman–Crippen MR) is 87.3 cm³/mol. The molecule has 0 heterocycles. The van der Waals surface area contributed by atoms with Gasteiger partial charge in [-0.3, -0.25) is 4.79 Å². The highest BCUT2D eigenvalue weighted by Gasteiger charge is 2.54. The molecule has 3 N–H and O–H groups in total. The van der Waals surface area contributed by atoms with Gasteiger partial charge in [-0.05, 0) is 80.5 Å². The molecule has 4 aliphatic carbocycles. The van der Waals surface area contributed by atoms with Crippen LogP contribution < -0.4 is 11.1 Å². The molecule has 4 bridgehead atoms. The molecule has 1 aromatic rings. The van der Waals surface area contributed by atoms with Gasteiger partial charge in [-0.2, -0.15) is 0 Å². The summed E-state index contributed by atoms with van der Waals surface area (Å²) in [4.78, 5) is 12.8. The highest BCUT2D eigenvalue weighted by atomic mass is 35.5. The van der Waals surface area contributed by atoms with Crippen LogP contribution in [0.3, 0.4) is 0 Å². The number of nitrogens with two attached hydrogens (primary N) is 1. The van der Waals surface area contributed by atoms with Gasteiger partial charge in [0.1, 0.15) is 0 Å². The first-order valence-electron chi connectivity index (χ1n) is 7.80. The van der Waals surface area contributed by atoms with Crippen molar-refractivity contribution in [3.8, 4) is 0 Å². The Kier molecular flexibility index (Phi) is 3.64. The fourth-order valence-electron chi connectivity index (χ4n) is 5.22. The number of hydrogen-bond donors (Lipinski definition) is 2. The number of amides is 1. The highest BCUT2D eigenvalue weighted by Crippen LogP contribution is 2.60. The van der Waals surface area contributed by atoms with E-state index in [0.717, 1.165) is 48.4 Å². The number of anilines is 2. The molecule has 0 radical (unpaired) electrons. The third-order valence-corrected chi connectivity index (χ3v) is 5.69. The first kappa shape index (κ1) is 14.7. The van der Waals surface area contributed by atoms with Crippen LogP contribution in [-0.4, -0.2) is 5.91 Å². The number of benzene rings is 1. The lowest BCUT2D eigenvalue weighted by molar-refractivity contribution is -0.140. The quantitative estimate of drug-likeness (QED) is 0.816. The van der Waals surface area contributed by atoms with E-state index in [-0.39, 0.29) is 23.7 Å². The van der Waals surface area contributed by atoms with Crippen molar-refractivity contribution in [1.82, 2.24) is 0 Å². The average Bonchev–Trinajstić information content (AvgIpc) is 2.40. The zero-order chi connectivity index (χ0) is 13.7. The Morgan fingerprint density at radius 1 is 1.00 bits per heavy atom. The first-order chi connectivity index (χ1) is 9.63. The van der Waals surface area contributed by atoms with Crippen molar-refractivity contribution in [1.29, 1.82) is 0 Å². The Bertz CT molecular complexity index is 505. The molecule has 0 spiro atoms. The second-order valence-corrected chi connectivity index (χ2v) is 7.27. The van der Waals surface area contributed by atoms with Gasteiger partial charge in [0.2, 0.25) is 5.91 Å². The summed E-state index contributed by atoms with van der Waals surface area (Å²) in [6.45, 7) is 0. The van der Waals surface area contributed by atoms with Crippen LogP contribution in [0.1, 0.15) is 38.5 Å². The Hall–Kier alpha value is -1.22. The van der Waals surface area contributed by atoms with E-state index in [1.165, 1.54) is 19.3 Å². The van der Waals surface area contributed by atoms with Gasteiger partial charge in [0.25, 0.3) is 0 Å². The van der Waals surface area contributed by atoms with Crippen molar-refractivity contribution >= 4 is 29.7 Å². The lowest BCUT2D eigenvalue weighted by Gasteiger charge is -2.55. The van der Waals surface area contributed by atoms with Crippen LogP contribution in [0, 0.1) is 23.2 Å². The predicted octanol–water partition coefficient (Wildman–Crippen LogP) is 3.85. The van der Waals surface area contributed by atoms with Crippen molar-refractivity contribution in [2.24, 2.45) is 23.2 Å². The summed E-state index contributed by atoms with van der Waals surface area (Å²) in [7, 11) is 0. The third kappa shape index (κ3) is 2.52. The summed E-state index contributed by atoms with van der Waals surface area (Å²) in [5.41, 5.74) is 7.23. The van der Waals surface area contributed by atoms with Gasteiger partial charge in [0.05, 0.1) is 5.41 Å². The molecule has 4 aliphatic rings. The van der Waals surface area contributed by atoms with Crippen LogP contribution in [0.5, 0.6) is 0 Å². The molecule has 0 aromatic heterocycles. The molecule has 0 unspecified atom stereocenters. The molecule has 21 heavy (non-hydrogen) atoms. The molecule has 0 saturated heterocycles. The van der Waals surface area contributed by atoms with Gasteiger partial charge in [0.15, 0.2) is 0 Å². The topological polar surface area (TPSA) is 55.1 Å². The maximum Gasteiger partial charge on any atom is 0.230 e. The standard InChI is InChI=1S/C17H22N2O.ClH/c18-14-1-3-15(4-2-14)19-16(20)17-8-11-5-12(9-17)7-13(6-11)10-17;/h1-4,11-13H,5-10,18H2,(H,19,20);1H. The summed E-state index contributed by atoms with van der Waals surface area (Å²) < 4.78 is 0. The van der Waals surface area contributed by atoms with E-state index in [1.807, 2.05) is 24.3 Å². The van der Waals surface area contributed by atoms with Crippen LogP contribution in [0.2, 0.25) is 0 Å². The van der Waals surface area contributed by atoms with Crippen LogP contribution >= 0.6 is 12.4 Å². The van der Waals surface area contributed by atoms with Crippen molar-refractivity contribution in [2.45, 2.75) is 38.5 Å². The molecule has 114 valence electrons. The fourth-order valence-corrected chi connectivity index (χ4v) is 5.22. The summed E-state index contributed by atoms with van der Waals surface area (Å²) in [5, 5.41) is 3.13. The molecule has 4 heteroatoms. The number of carbonyl (C=O) groups is 1. The van der Waals surface area contributed by atoms with Crippen LogP contribution in [-0.2, 0) is 4.79 Å². The Labute approximate surface area is 132 Å². The Morgan fingerprint density at radius 2 is 1.48 bits per heavy atom.